The van der Waals surface area contributed by atoms with Gasteiger partial charge in [0.25, 0.3) is 0 Å². The molecule has 1 aromatic rings. The molecule has 1 heterocycles. The third kappa shape index (κ3) is 4.50. The van der Waals surface area contributed by atoms with Crippen LogP contribution in [0.2, 0.25) is 0 Å². The first kappa shape index (κ1) is 15.3. The van der Waals surface area contributed by atoms with Crippen LogP contribution in [-0.2, 0) is 6.54 Å². The predicted molar refractivity (Wildman–Crippen MR) is 75.2 cm³/mol. The van der Waals surface area contributed by atoms with Gasteiger partial charge in [-0.15, -0.1) is 12.4 Å². The summed E-state index contributed by atoms with van der Waals surface area (Å²) < 4.78 is 7.72. The molecule has 1 aliphatic rings. The van der Waals surface area contributed by atoms with Gasteiger partial charge in [0.15, 0.2) is 5.75 Å². The Morgan fingerprint density at radius 2 is 2.11 bits per heavy atom. The molecule has 0 radical (unpaired) electrons. The van der Waals surface area contributed by atoms with Crippen LogP contribution in [0.25, 0.3) is 0 Å². The zero-order valence-corrected chi connectivity index (χ0v) is 11.9. The first-order valence-electron chi connectivity index (χ1n) is 6.68. The summed E-state index contributed by atoms with van der Waals surface area (Å²) in [6.45, 7) is 3.92. The maximum absolute atomic E-state index is 5.89. The Bertz CT molecular complexity index is 335. The number of aromatic nitrogens is 2. The summed E-state index contributed by atoms with van der Waals surface area (Å²) in [5, 5.41) is 4.25. The van der Waals surface area contributed by atoms with Crippen molar-refractivity contribution in [2.45, 2.75) is 51.6 Å². The molecule has 1 fully saturated rings. The molecule has 0 amide bonds. The molecular weight excluding hydrogens is 250 g/mol. The third-order valence-corrected chi connectivity index (χ3v) is 3.44. The van der Waals surface area contributed by atoms with E-state index in [1.54, 1.807) is 0 Å². The highest BCUT2D eigenvalue weighted by molar-refractivity contribution is 5.85. The van der Waals surface area contributed by atoms with E-state index in [9.17, 15) is 0 Å². The van der Waals surface area contributed by atoms with Crippen molar-refractivity contribution in [3.63, 3.8) is 0 Å². The zero-order valence-electron chi connectivity index (χ0n) is 11.0. The van der Waals surface area contributed by atoms with E-state index in [2.05, 4.69) is 12.0 Å². The van der Waals surface area contributed by atoms with Crippen molar-refractivity contribution in [2.75, 3.05) is 6.61 Å². The first-order chi connectivity index (χ1) is 8.28. The summed E-state index contributed by atoms with van der Waals surface area (Å²) in [5.41, 5.74) is 5.89. The second kappa shape index (κ2) is 7.64. The molecule has 0 bridgehead atoms. The Labute approximate surface area is 115 Å². The molecular formula is C13H24ClN3O. The van der Waals surface area contributed by atoms with Crippen LogP contribution in [0.5, 0.6) is 5.75 Å². The van der Waals surface area contributed by atoms with Crippen LogP contribution in [0.3, 0.4) is 0 Å². The lowest BCUT2D eigenvalue weighted by molar-refractivity contribution is 0.200. The molecule has 1 saturated carbocycles. The monoisotopic (exact) mass is 273 g/mol. The van der Waals surface area contributed by atoms with Gasteiger partial charge in [0.05, 0.1) is 19.0 Å². The third-order valence-electron chi connectivity index (χ3n) is 3.44. The van der Waals surface area contributed by atoms with Crippen molar-refractivity contribution < 1.29 is 4.74 Å². The average Bonchev–Trinajstić information content (AvgIpc) is 2.77. The van der Waals surface area contributed by atoms with E-state index in [4.69, 9.17) is 10.5 Å². The highest BCUT2D eigenvalue weighted by atomic mass is 35.5. The lowest BCUT2D eigenvalue weighted by Gasteiger charge is -2.25. The molecule has 2 N–H and O–H groups in total. The van der Waals surface area contributed by atoms with Crippen molar-refractivity contribution in [2.24, 2.45) is 11.7 Å². The standard InChI is InChI=1S/C13H23N3O.ClH/c1-2-7-16-9-13(8-15-16)17-10-11-3-5-12(14)6-4-11;/h8-9,11-12H,2-7,10,14H2,1H3;1H. The highest BCUT2D eigenvalue weighted by Gasteiger charge is 2.19. The topological polar surface area (TPSA) is 53.1 Å². The summed E-state index contributed by atoms with van der Waals surface area (Å²) in [6, 6.07) is 0.415. The normalized spacial score (nSPS) is 23.4. The Hall–Kier alpha value is -0.740. The van der Waals surface area contributed by atoms with E-state index in [0.717, 1.165) is 38.2 Å². The number of nitrogens with two attached hydrogens (primary N) is 1. The van der Waals surface area contributed by atoms with Crippen LogP contribution < -0.4 is 10.5 Å². The molecule has 0 spiro atoms. The lowest BCUT2D eigenvalue weighted by Crippen LogP contribution is -2.28. The SMILES string of the molecule is CCCn1cc(OCC2CCC(N)CC2)cn1.Cl. The predicted octanol–water partition coefficient (Wildman–Crippen LogP) is 2.61. The van der Waals surface area contributed by atoms with Crippen LogP contribution in [0.1, 0.15) is 39.0 Å². The Morgan fingerprint density at radius 1 is 1.39 bits per heavy atom. The van der Waals surface area contributed by atoms with E-state index >= 15 is 0 Å². The lowest BCUT2D eigenvalue weighted by atomic mass is 9.87. The van der Waals surface area contributed by atoms with Gasteiger partial charge in [0.2, 0.25) is 0 Å². The molecule has 0 aliphatic heterocycles. The van der Waals surface area contributed by atoms with Gasteiger partial charge < -0.3 is 10.5 Å². The largest absolute Gasteiger partial charge is 0.490 e. The number of nitrogens with zero attached hydrogens (tertiary/aromatic N) is 2. The van der Waals surface area contributed by atoms with E-state index in [-0.39, 0.29) is 12.4 Å². The molecule has 18 heavy (non-hydrogen) atoms. The molecule has 2 rings (SSSR count). The zero-order chi connectivity index (χ0) is 12.1. The Kier molecular flexibility index (Phi) is 6.50. The summed E-state index contributed by atoms with van der Waals surface area (Å²) in [6.07, 6.45) is 9.57. The number of aryl methyl sites for hydroxylation is 1. The van der Waals surface area contributed by atoms with Gasteiger partial charge >= 0.3 is 0 Å². The molecule has 0 saturated heterocycles. The van der Waals surface area contributed by atoms with Crippen LogP contribution in [0.4, 0.5) is 0 Å². The van der Waals surface area contributed by atoms with Crippen LogP contribution in [-0.4, -0.2) is 22.4 Å². The second-order valence-electron chi connectivity index (χ2n) is 5.03. The smallest absolute Gasteiger partial charge is 0.157 e. The Balaban J connectivity index is 0.00000162. The number of rotatable bonds is 5. The number of hydrogen-bond acceptors (Lipinski definition) is 3. The quantitative estimate of drug-likeness (QED) is 0.897. The van der Waals surface area contributed by atoms with E-state index < -0.39 is 0 Å². The second-order valence-corrected chi connectivity index (χ2v) is 5.03. The molecule has 104 valence electrons. The van der Waals surface area contributed by atoms with Gasteiger partial charge in [-0.25, -0.2) is 0 Å². The van der Waals surface area contributed by atoms with Crippen molar-refractivity contribution >= 4 is 12.4 Å². The number of halogens is 1. The van der Waals surface area contributed by atoms with Gasteiger partial charge in [-0.05, 0) is 38.0 Å². The molecule has 0 unspecified atom stereocenters. The summed E-state index contributed by atoms with van der Waals surface area (Å²) in [4.78, 5) is 0. The summed E-state index contributed by atoms with van der Waals surface area (Å²) >= 11 is 0. The van der Waals surface area contributed by atoms with Crippen LogP contribution in [0, 0.1) is 5.92 Å². The molecule has 1 aliphatic carbocycles. The van der Waals surface area contributed by atoms with Crippen LogP contribution in [0.15, 0.2) is 12.4 Å². The van der Waals surface area contributed by atoms with Crippen molar-refractivity contribution in [3.05, 3.63) is 12.4 Å². The van der Waals surface area contributed by atoms with Crippen LogP contribution >= 0.6 is 12.4 Å². The van der Waals surface area contributed by atoms with Gasteiger partial charge in [-0.2, -0.15) is 5.10 Å². The minimum absolute atomic E-state index is 0. The maximum atomic E-state index is 5.89. The average molecular weight is 274 g/mol. The first-order valence-corrected chi connectivity index (χ1v) is 6.68. The van der Waals surface area contributed by atoms with Gasteiger partial charge in [-0.1, -0.05) is 6.92 Å². The van der Waals surface area contributed by atoms with Gasteiger partial charge in [0.1, 0.15) is 0 Å². The number of ether oxygens (including phenoxy) is 1. The minimum atomic E-state index is 0. The fraction of sp³-hybridized carbons (Fsp3) is 0.769. The molecule has 4 nitrogen and oxygen atoms in total. The summed E-state index contributed by atoms with van der Waals surface area (Å²) in [5.74, 6) is 1.57. The minimum Gasteiger partial charge on any atom is -0.490 e. The molecule has 0 aromatic carbocycles. The van der Waals surface area contributed by atoms with Crippen molar-refractivity contribution in [3.8, 4) is 5.75 Å². The summed E-state index contributed by atoms with van der Waals surface area (Å²) in [7, 11) is 0. The van der Waals surface area contributed by atoms with E-state index in [0.29, 0.717) is 12.0 Å². The van der Waals surface area contributed by atoms with Crippen molar-refractivity contribution in [1.29, 1.82) is 0 Å². The molecule has 1 aromatic heterocycles. The highest BCUT2D eigenvalue weighted by Crippen LogP contribution is 2.24. The Morgan fingerprint density at radius 3 is 2.78 bits per heavy atom. The van der Waals surface area contributed by atoms with E-state index in [1.165, 1.54) is 12.8 Å². The van der Waals surface area contributed by atoms with E-state index in [1.807, 2.05) is 17.1 Å². The fourth-order valence-corrected chi connectivity index (χ4v) is 2.34. The maximum Gasteiger partial charge on any atom is 0.157 e. The van der Waals surface area contributed by atoms with Gasteiger partial charge in [-0.3, -0.25) is 4.68 Å². The molecule has 5 heteroatoms. The number of hydrogen-bond donors (Lipinski definition) is 1. The molecule has 0 atom stereocenters. The van der Waals surface area contributed by atoms with Gasteiger partial charge in [0, 0.05) is 12.6 Å². The van der Waals surface area contributed by atoms with Crippen molar-refractivity contribution in [1.82, 2.24) is 9.78 Å². The fourth-order valence-electron chi connectivity index (χ4n) is 2.34.